The van der Waals surface area contributed by atoms with Crippen molar-refractivity contribution in [3.05, 3.63) is 69.9 Å². The van der Waals surface area contributed by atoms with Gasteiger partial charge in [0.25, 0.3) is 17.1 Å². The summed E-state index contributed by atoms with van der Waals surface area (Å²) in [6, 6.07) is 11.2. The second-order valence-electron chi connectivity index (χ2n) is 7.60. The van der Waals surface area contributed by atoms with Gasteiger partial charge in [-0.2, -0.15) is 0 Å². The number of nitrogens with one attached hydrogen (secondary N) is 1. The van der Waals surface area contributed by atoms with Crippen LogP contribution in [0.1, 0.15) is 34.8 Å². The Morgan fingerprint density at radius 3 is 2.73 bits per heavy atom. The van der Waals surface area contributed by atoms with E-state index in [9.17, 15) is 23.6 Å². The minimum atomic E-state index is -0.513. The third kappa shape index (κ3) is 4.68. The highest BCUT2D eigenvalue weighted by atomic mass is 32.2. The average Bonchev–Trinajstić information content (AvgIpc) is 3.35. The number of imide groups is 1. The fourth-order valence-electron chi connectivity index (χ4n) is 3.80. The van der Waals surface area contributed by atoms with Crippen molar-refractivity contribution in [3.63, 3.8) is 0 Å². The zero-order valence-electron chi connectivity index (χ0n) is 18.0. The third-order valence-electron chi connectivity index (χ3n) is 5.53. The molecule has 2 aromatic rings. The molecule has 2 heterocycles. The van der Waals surface area contributed by atoms with Crippen LogP contribution in [0.3, 0.4) is 0 Å². The van der Waals surface area contributed by atoms with E-state index >= 15 is 0 Å². The molecule has 0 spiro atoms. The van der Waals surface area contributed by atoms with Gasteiger partial charge in [0.1, 0.15) is 5.82 Å². The van der Waals surface area contributed by atoms with E-state index in [-0.39, 0.29) is 35.4 Å². The molecule has 0 bridgehead atoms. The molecule has 0 aromatic heterocycles. The summed E-state index contributed by atoms with van der Waals surface area (Å²) in [6.45, 7) is 2.51. The fraction of sp³-hybridized carbons (Fsp3) is 0.250. The van der Waals surface area contributed by atoms with Crippen LogP contribution in [-0.2, 0) is 16.0 Å². The lowest BCUT2D eigenvalue weighted by atomic mass is 10.1. The second kappa shape index (κ2) is 9.58. The highest BCUT2D eigenvalue weighted by molar-refractivity contribution is 8.18. The van der Waals surface area contributed by atoms with Crippen molar-refractivity contribution in [1.82, 2.24) is 10.2 Å². The number of hydrogen-bond donors (Lipinski definition) is 1. The van der Waals surface area contributed by atoms with E-state index in [0.717, 1.165) is 27.9 Å². The van der Waals surface area contributed by atoms with Crippen molar-refractivity contribution < 1.29 is 23.6 Å². The molecule has 9 heteroatoms. The van der Waals surface area contributed by atoms with Gasteiger partial charge in [-0.25, -0.2) is 4.39 Å². The van der Waals surface area contributed by atoms with Gasteiger partial charge in [0, 0.05) is 42.9 Å². The van der Waals surface area contributed by atoms with Gasteiger partial charge in [0.2, 0.25) is 5.91 Å². The average molecular weight is 468 g/mol. The van der Waals surface area contributed by atoms with Gasteiger partial charge >= 0.3 is 0 Å². The van der Waals surface area contributed by atoms with E-state index in [2.05, 4.69) is 5.32 Å². The number of carbonyl (C=O) groups excluding carboxylic acids is 4. The van der Waals surface area contributed by atoms with Gasteiger partial charge in [-0.15, -0.1) is 0 Å². The summed E-state index contributed by atoms with van der Waals surface area (Å²) < 4.78 is 13.8. The Hall–Kier alpha value is -3.46. The Morgan fingerprint density at radius 2 is 1.97 bits per heavy atom. The lowest BCUT2D eigenvalue weighted by Crippen LogP contribution is -2.37. The van der Waals surface area contributed by atoms with Crippen molar-refractivity contribution in [2.75, 3.05) is 24.5 Å². The molecule has 0 atom stereocenters. The van der Waals surface area contributed by atoms with Crippen molar-refractivity contribution in [1.29, 1.82) is 0 Å². The number of benzene rings is 2. The predicted molar refractivity (Wildman–Crippen MR) is 124 cm³/mol. The Bertz CT molecular complexity index is 1180. The monoisotopic (exact) mass is 467 g/mol. The van der Waals surface area contributed by atoms with E-state index < -0.39 is 17.0 Å². The quantitative estimate of drug-likeness (QED) is 0.656. The van der Waals surface area contributed by atoms with E-state index in [1.165, 1.54) is 18.2 Å². The van der Waals surface area contributed by atoms with Gasteiger partial charge in [-0.1, -0.05) is 25.1 Å². The number of halogens is 1. The summed E-state index contributed by atoms with van der Waals surface area (Å²) in [7, 11) is 0. The SMILES string of the molecule is CCC(=O)N1CCc2cc(C(=O)NCCN3C(=O)S/C(=C\c4ccccc4F)C3=O)ccc21. The Labute approximate surface area is 194 Å². The molecule has 2 aliphatic heterocycles. The van der Waals surface area contributed by atoms with Crippen LogP contribution in [-0.4, -0.2) is 47.5 Å². The van der Waals surface area contributed by atoms with Crippen LogP contribution in [0.2, 0.25) is 0 Å². The standard InChI is InChI=1S/C24H22FN3O4S/c1-2-21(29)27-11-9-16-13-17(7-8-19(16)27)22(30)26-10-12-28-23(31)20(33-24(28)32)14-15-5-3-4-6-18(15)25/h3-8,13-14H,2,9-12H2,1H3,(H,26,30)/b20-14-. The Morgan fingerprint density at radius 1 is 1.18 bits per heavy atom. The molecule has 0 saturated carbocycles. The van der Waals surface area contributed by atoms with Crippen LogP contribution < -0.4 is 10.2 Å². The molecule has 0 unspecified atom stereocenters. The fourth-order valence-corrected chi connectivity index (χ4v) is 4.66. The lowest BCUT2D eigenvalue weighted by Gasteiger charge is -2.16. The number of thioether (sulfide) groups is 1. The van der Waals surface area contributed by atoms with Gasteiger partial charge in [0.05, 0.1) is 4.91 Å². The lowest BCUT2D eigenvalue weighted by molar-refractivity contribution is -0.122. The second-order valence-corrected chi connectivity index (χ2v) is 8.60. The van der Waals surface area contributed by atoms with Crippen molar-refractivity contribution in [2.24, 2.45) is 0 Å². The zero-order chi connectivity index (χ0) is 23.5. The summed E-state index contributed by atoms with van der Waals surface area (Å²) in [6.07, 6.45) is 2.47. The summed E-state index contributed by atoms with van der Waals surface area (Å²) >= 11 is 0.745. The first-order chi connectivity index (χ1) is 15.9. The highest BCUT2D eigenvalue weighted by Gasteiger charge is 2.35. The number of carbonyl (C=O) groups is 4. The van der Waals surface area contributed by atoms with Crippen molar-refractivity contribution in [3.8, 4) is 0 Å². The van der Waals surface area contributed by atoms with E-state index in [1.807, 2.05) is 6.92 Å². The van der Waals surface area contributed by atoms with Crippen molar-refractivity contribution in [2.45, 2.75) is 19.8 Å². The number of nitrogens with zero attached hydrogens (tertiary/aromatic N) is 2. The van der Waals surface area contributed by atoms with E-state index in [1.54, 1.807) is 35.2 Å². The van der Waals surface area contributed by atoms with Gasteiger partial charge in [0.15, 0.2) is 0 Å². The number of anilines is 1. The third-order valence-corrected chi connectivity index (χ3v) is 6.43. The molecule has 0 radical (unpaired) electrons. The van der Waals surface area contributed by atoms with Gasteiger partial charge in [-0.05, 0) is 54.1 Å². The minimum absolute atomic E-state index is 0.00867. The molecule has 2 aromatic carbocycles. The maximum atomic E-state index is 13.8. The summed E-state index contributed by atoms with van der Waals surface area (Å²) in [5, 5.41) is 2.26. The van der Waals surface area contributed by atoms with Crippen LogP contribution in [0.15, 0.2) is 47.4 Å². The van der Waals surface area contributed by atoms with Crippen LogP contribution in [0, 0.1) is 5.82 Å². The molecular weight excluding hydrogens is 445 g/mol. The topological polar surface area (TPSA) is 86.8 Å². The molecule has 1 saturated heterocycles. The molecule has 1 fully saturated rings. The molecule has 0 aliphatic carbocycles. The Balaban J connectivity index is 1.35. The van der Waals surface area contributed by atoms with Crippen LogP contribution in [0.5, 0.6) is 0 Å². The van der Waals surface area contributed by atoms with Crippen molar-refractivity contribution >= 4 is 46.5 Å². The van der Waals surface area contributed by atoms with Crippen LogP contribution in [0.25, 0.3) is 6.08 Å². The molecular formula is C24H22FN3O4S. The minimum Gasteiger partial charge on any atom is -0.350 e. The number of rotatable bonds is 6. The summed E-state index contributed by atoms with van der Waals surface area (Å²) in [5.74, 6) is -1.27. The highest BCUT2D eigenvalue weighted by Crippen LogP contribution is 2.32. The Kier molecular flexibility index (Phi) is 6.60. The zero-order valence-corrected chi connectivity index (χ0v) is 18.8. The van der Waals surface area contributed by atoms with Gasteiger partial charge in [-0.3, -0.25) is 24.1 Å². The number of fused-ring (bicyclic) bond motifs is 1. The predicted octanol–water partition coefficient (Wildman–Crippen LogP) is 3.59. The van der Waals surface area contributed by atoms with E-state index in [0.29, 0.717) is 24.9 Å². The molecule has 170 valence electrons. The summed E-state index contributed by atoms with van der Waals surface area (Å²) in [5.41, 5.74) is 2.45. The molecule has 7 nitrogen and oxygen atoms in total. The maximum Gasteiger partial charge on any atom is 0.293 e. The largest absolute Gasteiger partial charge is 0.350 e. The molecule has 4 rings (SSSR count). The molecule has 2 aliphatic rings. The first-order valence-electron chi connectivity index (χ1n) is 10.6. The molecule has 1 N–H and O–H groups in total. The molecule has 4 amide bonds. The van der Waals surface area contributed by atoms with Crippen LogP contribution in [0.4, 0.5) is 14.9 Å². The smallest absolute Gasteiger partial charge is 0.293 e. The number of amides is 4. The van der Waals surface area contributed by atoms with Crippen LogP contribution >= 0.6 is 11.8 Å². The maximum absolute atomic E-state index is 13.8. The normalized spacial score (nSPS) is 16.5. The first kappa shape index (κ1) is 22.7. The molecule has 33 heavy (non-hydrogen) atoms. The van der Waals surface area contributed by atoms with Gasteiger partial charge < -0.3 is 10.2 Å². The number of hydrogen-bond acceptors (Lipinski definition) is 5. The summed E-state index contributed by atoms with van der Waals surface area (Å²) in [4.78, 5) is 52.3. The first-order valence-corrected chi connectivity index (χ1v) is 11.4. The van der Waals surface area contributed by atoms with E-state index in [4.69, 9.17) is 0 Å².